The highest BCUT2D eigenvalue weighted by Crippen LogP contribution is 2.12. The average Bonchev–Trinajstić information content (AvgIpc) is 2.52. The fourth-order valence-corrected chi connectivity index (χ4v) is 2.24. The Balaban J connectivity index is 2.64. The summed E-state index contributed by atoms with van der Waals surface area (Å²) >= 11 is 0. The number of carbonyl (C=O) groups excluding carboxylic acids is 3. The number of benzene rings is 1. The smallest absolute Gasteiger partial charge is 0.253 e. The molecular formula is C18H28N4O3. The van der Waals surface area contributed by atoms with Crippen LogP contribution in [0.2, 0.25) is 0 Å². The molecule has 0 bridgehead atoms. The third-order valence-electron chi connectivity index (χ3n) is 3.43. The van der Waals surface area contributed by atoms with Gasteiger partial charge in [-0.15, -0.1) is 0 Å². The first-order valence-electron chi connectivity index (χ1n) is 8.36. The molecule has 0 radical (unpaired) electrons. The summed E-state index contributed by atoms with van der Waals surface area (Å²) in [5.74, 6) is -0.464. The van der Waals surface area contributed by atoms with E-state index in [0.717, 1.165) is 0 Å². The number of hydrogen-bond donors (Lipinski definition) is 2. The van der Waals surface area contributed by atoms with E-state index in [9.17, 15) is 14.4 Å². The van der Waals surface area contributed by atoms with Crippen LogP contribution in [0, 0.1) is 0 Å². The predicted octanol–water partition coefficient (Wildman–Crippen LogP) is 1.17. The van der Waals surface area contributed by atoms with E-state index in [1.54, 1.807) is 43.3 Å². The SMILES string of the molecule is CCN(CC(=O)Nc1cccc(C(=O)N(C)C)c1)CC(=O)NC(C)C. The Kier molecular flexibility index (Phi) is 8.07. The molecule has 7 heteroatoms. The van der Waals surface area contributed by atoms with Gasteiger partial charge in [0.2, 0.25) is 11.8 Å². The minimum absolute atomic E-state index is 0.0667. The van der Waals surface area contributed by atoms with Crippen LogP contribution in [-0.2, 0) is 9.59 Å². The van der Waals surface area contributed by atoms with Crippen LogP contribution < -0.4 is 10.6 Å². The molecule has 0 atom stereocenters. The zero-order chi connectivity index (χ0) is 19.0. The number of carbonyl (C=O) groups is 3. The second kappa shape index (κ2) is 9.78. The van der Waals surface area contributed by atoms with Crippen molar-refractivity contribution in [2.75, 3.05) is 39.0 Å². The minimum atomic E-state index is -0.228. The Morgan fingerprint density at radius 3 is 2.28 bits per heavy atom. The van der Waals surface area contributed by atoms with Gasteiger partial charge in [-0.05, 0) is 38.6 Å². The molecule has 1 rings (SSSR count). The van der Waals surface area contributed by atoms with E-state index >= 15 is 0 Å². The molecule has 1 aromatic rings. The van der Waals surface area contributed by atoms with Gasteiger partial charge in [-0.3, -0.25) is 19.3 Å². The van der Waals surface area contributed by atoms with Gasteiger partial charge >= 0.3 is 0 Å². The fourth-order valence-electron chi connectivity index (χ4n) is 2.24. The third kappa shape index (κ3) is 7.34. The van der Waals surface area contributed by atoms with Crippen LogP contribution in [0.25, 0.3) is 0 Å². The number of anilines is 1. The van der Waals surface area contributed by atoms with Crippen molar-refractivity contribution < 1.29 is 14.4 Å². The van der Waals surface area contributed by atoms with Crippen molar-refractivity contribution in [3.63, 3.8) is 0 Å². The Morgan fingerprint density at radius 2 is 1.72 bits per heavy atom. The molecule has 0 aliphatic rings. The minimum Gasteiger partial charge on any atom is -0.353 e. The standard InChI is InChI=1S/C18H28N4O3/c1-6-22(11-16(23)19-13(2)3)12-17(24)20-15-9-7-8-14(10-15)18(25)21(4)5/h7-10,13H,6,11-12H2,1-5H3,(H,19,23)(H,20,24). The van der Waals surface area contributed by atoms with Gasteiger partial charge in [0.1, 0.15) is 0 Å². The van der Waals surface area contributed by atoms with Crippen LogP contribution in [0.5, 0.6) is 0 Å². The maximum Gasteiger partial charge on any atom is 0.253 e. The first kappa shape index (κ1) is 20.6. The molecule has 0 aliphatic heterocycles. The molecule has 0 saturated heterocycles. The molecule has 0 fully saturated rings. The summed E-state index contributed by atoms with van der Waals surface area (Å²) in [6.45, 7) is 6.53. The second-order valence-electron chi connectivity index (χ2n) is 6.35. The van der Waals surface area contributed by atoms with Crippen LogP contribution in [0.4, 0.5) is 5.69 Å². The second-order valence-corrected chi connectivity index (χ2v) is 6.35. The Bertz CT molecular complexity index is 614. The van der Waals surface area contributed by atoms with E-state index in [1.807, 2.05) is 20.8 Å². The van der Waals surface area contributed by atoms with Crippen molar-refractivity contribution in [1.29, 1.82) is 0 Å². The van der Waals surface area contributed by atoms with Gasteiger partial charge in [-0.2, -0.15) is 0 Å². The largest absolute Gasteiger partial charge is 0.353 e. The van der Waals surface area contributed by atoms with E-state index < -0.39 is 0 Å². The van der Waals surface area contributed by atoms with Crippen molar-refractivity contribution in [3.05, 3.63) is 29.8 Å². The number of likely N-dealkylation sites (N-methyl/N-ethyl adjacent to an activating group) is 1. The normalized spacial score (nSPS) is 10.7. The van der Waals surface area contributed by atoms with E-state index in [2.05, 4.69) is 10.6 Å². The zero-order valence-corrected chi connectivity index (χ0v) is 15.6. The summed E-state index contributed by atoms with van der Waals surface area (Å²) in [6.07, 6.45) is 0. The maximum atomic E-state index is 12.2. The lowest BCUT2D eigenvalue weighted by atomic mass is 10.2. The lowest BCUT2D eigenvalue weighted by Gasteiger charge is -2.20. The predicted molar refractivity (Wildman–Crippen MR) is 98.5 cm³/mol. The molecular weight excluding hydrogens is 320 g/mol. The van der Waals surface area contributed by atoms with Crippen molar-refractivity contribution >= 4 is 23.4 Å². The van der Waals surface area contributed by atoms with E-state index in [0.29, 0.717) is 17.8 Å². The monoisotopic (exact) mass is 348 g/mol. The van der Waals surface area contributed by atoms with Crippen LogP contribution in [0.1, 0.15) is 31.1 Å². The number of nitrogens with one attached hydrogen (secondary N) is 2. The Labute approximate surface area is 149 Å². The average molecular weight is 348 g/mol. The van der Waals surface area contributed by atoms with Crippen LogP contribution >= 0.6 is 0 Å². The third-order valence-corrected chi connectivity index (χ3v) is 3.43. The molecule has 0 heterocycles. The number of amides is 3. The molecule has 1 aromatic carbocycles. The van der Waals surface area contributed by atoms with Gasteiger partial charge in [0.05, 0.1) is 13.1 Å². The molecule has 3 amide bonds. The van der Waals surface area contributed by atoms with Crippen molar-refractivity contribution in [2.24, 2.45) is 0 Å². The summed E-state index contributed by atoms with van der Waals surface area (Å²) in [5.41, 5.74) is 1.06. The molecule has 138 valence electrons. The van der Waals surface area contributed by atoms with Gasteiger partial charge < -0.3 is 15.5 Å². The number of rotatable bonds is 8. The van der Waals surface area contributed by atoms with Gasteiger partial charge in [-0.25, -0.2) is 0 Å². The van der Waals surface area contributed by atoms with E-state index in [-0.39, 0.29) is 36.9 Å². The van der Waals surface area contributed by atoms with E-state index in [1.165, 1.54) is 4.90 Å². The van der Waals surface area contributed by atoms with Crippen molar-refractivity contribution in [1.82, 2.24) is 15.1 Å². The van der Waals surface area contributed by atoms with Crippen molar-refractivity contribution in [2.45, 2.75) is 26.8 Å². The van der Waals surface area contributed by atoms with E-state index in [4.69, 9.17) is 0 Å². The molecule has 0 aliphatic carbocycles. The summed E-state index contributed by atoms with van der Waals surface area (Å²) in [6, 6.07) is 6.86. The number of hydrogen-bond acceptors (Lipinski definition) is 4. The summed E-state index contributed by atoms with van der Waals surface area (Å²) in [5, 5.41) is 5.58. The molecule has 0 aromatic heterocycles. The van der Waals surface area contributed by atoms with Crippen LogP contribution in [0.3, 0.4) is 0 Å². The highest BCUT2D eigenvalue weighted by molar-refractivity contribution is 5.97. The molecule has 0 spiro atoms. The summed E-state index contributed by atoms with van der Waals surface area (Å²) in [7, 11) is 3.35. The highest BCUT2D eigenvalue weighted by Gasteiger charge is 2.14. The van der Waals surface area contributed by atoms with Crippen LogP contribution in [0.15, 0.2) is 24.3 Å². The fraction of sp³-hybridized carbons (Fsp3) is 0.500. The maximum absolute atomic E-state index is 12.2. The molecule has 0 saturated carbocycles. The van der Waals surface area contributed by atoms with Gasteiger partial charge in [0.25, 0.3) is 5.91 Å². The van der Waals surface area contributed by atoms with Gasteiger partial charge in [0, 0.05) is 31.4 Å². The molecule has 7 nitrogen and oxygen atoms in total. The van der Waals surface area contributed by atoms with Gasteiger partial charge in [0.15, 0.2) is 0 Å². The molecule has 0 unspecified atom stereocenters. The molecule has 25 heavy (non-hydrogen) atoms. The lowest BCUT2D eigenvalue weighted by Crippen LogP contribution is -2.42. The quantitative estimate of drug-likeness (QED) is 0.739. The summed E-state index contributed by atoms with van der Waals surface area (Å²) in [4.78, 5) is 39.2. The summed E-state index contributed by atoms with van der Waals surface area (Å²) < 4.78 is 0. The highest BCUT2D eigenvalue weighted by atomic mass is 16.2. The molecule has 2 N–H and O–H groups in total. The van der Waals surface area contributed by atoms with Crippen molar-refractivity contribution in [3.8, 4) is 0 Å². The van der Waals surface area contributed by atoms with Crippen LogP contribution in [-0.4, -0.2) is 67.3 Å². The first-order chi connectivity index (χ1) is 11.7. The lowest BCUT2D eigenvalue weighted by molar-refractivity contribution is -0.123. The zero-order valence-electron chi connectivity index (χ0n) is 15.6. The van der Waals surface area contributed by atoms with Gasteiger partial charge in [-0.1, -0.05) is 13.0 Å². The number of nitrogens with zero attached hydrogens (tertiary/aromatic N) is 2. The Hall–Kier alpha value is -2.41. The first-order valence-corrected chi connectivity index (χ1v) is 8.36. The Morgan fingerprint density at radius 1 is 1.08 bits per heavy atom. The topological polar surface area (TPSA) is 81.8 Å².